The fourth-order valence-electron chi connectivity index (χ4n) is 2.55. The maximum absolute atomic E-state index is 10.6. The van der Waals surface area contributed by atoms with Crippen molar-refractivity contribution in [2.75, 3.05) is 14.2 Å². The molecule has 3 N–H and O–H groups in total. The number of rotatable bonds is 7. The summed E-state index contributed by atoms with van der Waals surface area (Å²) in [7, 11) is 2.91. The van der Waals surface area contributed by atoms with Gasteiger partial charge in [0.25, 0.3) is 0 Å². The quantitative estimate of drug-likeness (QED) is 0.653. The van der Waals surface area contributed by atoms with Crippen LogP contribution in [0.5, 0.6) is 28.7 Å². The normalized spacial score (nSPS) is 13.4. The second-order valence-corrected chi connectivity index (χ2v) is 5.77. The van der Waals surface area contributed by atoms with E-state index >= 15 is 0 Å². The number of allylic oxidation sites excluding steroid dienone is 1. The topological polar surface area (TPSA) is 88.4 Å². The Morgan fingerprint density at radius 3 is 2.27 bits per heavy atom. The molecule has 0 amide bonds. The Labute approximate surface area is 152 Å². The number of hydrogen-bond acceptors (Lipinski definition) is 6. The lowest BCUT2D eigenvalue weighted by Crippen LogP contribution is -2.22. The van der Waals surface area contributed by atoms with Crippen LogP contribution in [0.1, 0.15) is 31.1 Å². The second-order valence-electron chi connectivity index (χ2n) is 5.77. The third kappa shape index (κ3) is 4.21. The summed E-state index contributed by atoms with van der Waals surface area (Å²) in [5.41, 5.74) is 1.33. The fourth-order valence-corrected chi connectivity index (χ4v) is 2.55. The van der Waals surface area contributed by atoms with Crippen molar-refractivity contribution in [3.05, 3.63) is 47.5 Å². The summed E-state index contributed by atoms with van der Waals surface area (Å²) in [6.45, 7) is 3.62. The van der Waals surface area contributed by atoms with E-state index in [4.69, 9.17) is 14.2 Å². The van der Waals surface area contributed by atoms with Gasteiger partial charge in [-0.3, -0.25) is 0 Å². The first kappa shape index (κ1) is 19.5. The van der Waals surface area contributed by atoms with Crippen LogP contribution in [-0.2, 0) is 0 Å². The van der Waals surface area contributed by atoms with Crippen LogP contribution >= 0.6 is 0 Å². The lowest BCUT2D eigenvalue weighted by molar-refractivity contribution is 0.0448. The number of phenolic OH excluding ortho intramolecular Hbond substituents is 2. The average molecular weight is 360 g/mol. The Hall–Kier alpha value is -2.86. The average Bonchev–Trinajstić information content (AvgIpc) is 2.64. The minimum Gasteiger partial charge on any atom is -0.504 e. The molecule has 6 heteroatoms. The van der Waals surface area contributed by atoms with Crippen LogP contribution < -0.4 is 14.2 Å². The van der Waals surface area contributed by atoms with Gasteiger partial charge in [0.1, 0.15) is 12.2 Å². The van der Waals surface area contributed by atoms with Crippen molar-refractivity contribution in [3.63, 3.8) is 0 Å². The molecule has 0 aliphatic carbocycles. The lowest BCUT2D eigenvalue weighted by atomic mass is 10.0. The molecule has 0 aliphatic rings. The lowest BCUT2D eigenvalue weighted by Gasteiger charge is -2.23. The highest BCUT2D eigenvalue weighted by Gasteiger charge is 2.22. The van der Waals surface area contributed by atoms with Gasteiger partial charge < -0.3 is 29.5 Å². The van der Waals surface area contributed by atoms with Crippen molar-refractivity contribution < 1.29 is 29.5 Å². The van der Waals surface area contributed by atoms with Crippen molar-refractivity contribution in [2.24, 2.45) is 0 Å². The predicted molar refractivity (Wildman–Crippen MR) is 99.1 cm³/mol. The number of hydrogen-bond donors (Lipinski definition) is 3. The molecule has 2 rings (SSSR count). The van der Waals surface area contributed by atoms with Crippen LogP contribution in [-0.4, -0.2) is 35.6 Å². The van der Waals surface area contributed by atoms with Gasteiger partial charge in [-0.2, -0.15) is 0 Å². The molecule has 0 spiro atoms. The van der Waals surface area contributed by atoms with E-state index in [0.717, 1.165) is 5.56 Å². The molecule has 2 atom stereocenters. The summed E-state index contributed by atoms with van der Waals surface area (Å²) in [6.07, 6.45) is 2.16. The monoisotopic (exact) mass is 360 g/mol. The molecular weight excluding hydrogens is 336 g/mol. The van der Waals surface area contributed by atoms with E-state index in [-0.39, 0.29) is 17.2 Å². The maximum atomic E-state index is 10.6. The number of aliphatic hydroxyl groups is 1. The third-order valence-corrected chi connectivity index (χ3v) is 3.94. The van der Waals surface area contributed by atoms with Crippen LogP contribution in [0.3, 0.4) is 0 Å². The van der Waals surface area contributed by atoms with Crippen molar-refractivity contribution in [2.45, 2.75) is 26.1 Å². The maximum Gasteiger partial charge on any atom is 0.200 e. The minimum absolute atomic E-state index is 0.0690. The largest absolute Gasteiger partial charge is 0.504 e. The number of methoxy groups -OCH3 is 2. The van der Waals surface area contributed by atoms with Crippen LogP contribution in [0, 0.1) is 0 Å². The molecule has 0 bridgehead atoms. The number of benzene rings is 2. The van der Waals surface area contributed by atoms with Crippen LogP contribution in [0.15, 0.2) is 36.4 Å². The molecule has 140 valence electrons. The highest BCUT2D eigenvalue weighted by molar-refractivity contribution is 5.56. The van der Waals surface area contributed by atoms with Gasteiger partial charge in [-0.05, 0) is 49.2 Å². The van der Waals surface area contributed by atoms with Crippen molar-refractivity contribution in [3.8, 4) is 28.7 Å². The Kier molecular flexibility index (Phi) is 6.36. The first-order chi connectivity index (χ1) is 12.4. The van der Waals surface area contributed by atoms with E-state index in [2.05, 4.69) is 0 Å². The number of aromatic hydroxyl groups is 2. The Morgan fingerprint density at radius 1 is 0.962 bits per heavy atom. The van der Waals surface area contributed by atoms with Gasteiger partial charge in [0.05, 0.1) is 14.2 Å². The number of aliphatic hydroxyl groups excluding tert-OH is 1. The molecule has 0 aromatic heterocycles. The van der Waals surface area contributed by atoms with Crippen LogP contribution in [0.4, 0.5) is 0 Å². The van der Waals surface area contributed by atoms with Gasteiger partial charge in [-0.15, -0.1) is 0 Å². The Bertz CT molecular complexity index is 784. The van der Waals surface area contributed by atoms with E-state index in [1.54, 1.807) is 20.1 Å². The Balaban J connectivity index is 2.24. The molecule has 26 heavy (non-hydrogen) atoms. The zero-order valence-corrected chi connectivity index (χ0v) is 15.3. The smallest absolute Gasteiger partial charge is 0.200 e. The molecule has 2 unspecified atom stereocenters. The molecule has 0 heterocycles. The third-order valence-electron chi connectivity index (χ3n) is 3.94. The standard InChI is InChI=1S/C20H24O6/c1-5-6-13-7-8-16(17(9-13)24-3)26-12(2)19(22)14-10-15(21)20(23)18(11-14)25-4/h5-12,19,21-23H,1-4H3. The molecule has 0 saturated carbocycles. The molecule has 2 aromatic rings. The van der Waals surface area contributed by atoms with E-state index in [1.165, 1.54) is 19.2 Å². The van der Waals surface area contributed by atoms with Crippen LogP contribution in [0.25, 0.3) is 6.08 Å². The zero-order chi connectivity index (χ0) is 19.3. The number of ether oxygens (including phenoxy) is 3. The van der Waals surface area contributed by atoms with E-state index in [1.807, 2.05) is 31.2 Å². The minimum atomic E-state index is -1.06. The highest BCUT2D eigenvalue weighted by atomic mass is 16.5. The summed E-state index contributed by atoms with van der Waals surface area (Å²) in [5, 5.41) is 30.1. The summed E-state index contributed by atoms with van der Waals surface area (Å²) < 4.78 is 16.2. The van der Waals surface area contributed by atoms with Crippen molar-refractivity contribution >= 4 is 6.08 Å². The van der Waals surface area contributed by atoms with E-state index in [9.17, 15) is 15.3 Å². The van der Waals surface area contributed by atoms with Crippen molar-refractivity contribution in [1.82, 2.24) is 0 Å². The van der Waals surface area contributed by atoms with E-state index in [0.29, 0.717) is 17.1 Å². The molecule has 0 fully saturated rings. The van der Waals surface area contributed by atoms with Gasteiger partial charge in [-0.25, -0.2) is 0 Å². The van der Waals surface area contributed by atoms with Gasteiger partial charge >= 0.3 is 0 Å². The summed E-state index contributed by atoms with van der Waals surface area (Å²) in [5.74, 6) is 0.352. The SMILES string of the molecule is CC=Cc1ccc(OC(C)C(O)c2cc(O)c(O)c(OC)c2)c(OC)c1. The van der Waals surface area contributed by atoms with E-state index < -0.39 is 12.2 Å². The molecule has 6 nitrogen and oxygen atoms in total. The fraction of sp³-hybridized carbons (Fsp3) is 0.300. The Morgan fingerprint density at radius 2 is 1.65 bits per heavy atom. The van der Waals surface area contributed by atoms with Crippen molar-refractivity contribution in [1.29, 1.82) is 0 Å². The molecule has 0 saturated heterocycles. The van der Waals surface area contributed by atoms with Gasteiger partial charge in [0.15, 0.2) is 23.0 Å². The molecule has 0 radical (unpaired) electrons. The molecule has 2 aromatic carbocycles. The first-order valence-electron chi connectivity index (χ1n) is 8.16. The van der Waals surface area contributed by atoms with Gasteiger partial charge in [0, 0.05) is 0 Å². The van der Waals surface area contributed by atoms with Gasteiger partial charge in [-0.1, -0.05) is 18.2 Å². The predicted octanol–water partition coefficient (Wildman–Crippen LogP) is 3.65. The van der Waals surface area contributed by atoms with Crippen LogP contribution in [0.2, 0.25) is 0 Å². The summed E-state index contributed by atoms with van der Waals surface area (Å²) in [6, 6.07) is 8.21. The summed E-state index contributed by atoms with van der Waals surface area (Å²) in [4.78, 5) is 0. The zero-order valence-electron chi connectivity index (χ0n) is 15.3. The molecule has 0 aliphatic heterocycles. The number of phenols is 2. The summed E-state index contributed by atoms with van der Waals surface area (Å²) >= 11 is 0. The highest BCUT2D eigenvalue weighted by Crippen LogP contribution is 2.39. The molecular formula is C20H24O6. The van der Waals surface area contributed by atoms with Gasteiger partial charge in [0.2, 0.25) is 5.75 Å². The first-order valence-corrected chi connectivity index (χ1v) is 8.16. The second kappa shape index (κ2) is 8.49.